The van der Waals surface area contributed by atoms with Gasteiger partial charge in [0.1, 0.15) is 5.82 Å². The van der Waals surface area contributed by atoms with Crippen LogP contribution < -0.4 is 10.6 Å². The van der Waals surface area contributed by atoms with Crippen molar-refractivity contribution >= 4 is 34.2 Å². The average molecular weight is 384 g/mol. The number of hydrogen-bond acceptors (Lipinski definition) is 3. The van der Waals surface area contributed by atoms with Crippen LogP contribution >= 0.6 is 0 Å². The molecule has 3 aromatic carbocycles. The molecule has 144 valence electrons. The monoisotopic (exact) mass is 384 g/mol. The average Bonchev–Trinajstić information content (AvgIpc) is 3.07. The standard InChI is InChI=1S/C23H20N4O2/c1-15(28)24-18-10-8-17(9-11-18)23-26-21-14-19(25-16(2)29)12-13-22(21)27(23)20-6-4-3-5-7-20/h3-14H,1-2H3,(H,24,28)(H,25,29). The molecule has 0 fully saturated rings. The molecule has 1 aromatic heterocycles. The summed E-state index contributed by atoms with van der Waals surface area (Å²) in [6.45, 7) is 2.96. The van der Waals surface area contributed by atoms with Gasteiger partial charge in [-0.25, -0.2) is 4.98 Å². The van der Waals surface area contributed by atoms with Gasteiger partial charge in [0.05, 0.1) is 11.0 Å². The van der Waals surface area contributed by atoms with Crippen molar-refractivity contribution < 1.29 is 9.59 Å². The van der Waals surface area contributed by atoms with Gasteiger partial charge in [0.25, 0.3) is 0 Å². The maximum absolute atomic E-state index is 11.4. The number of anilines is 2. The Morgan fingerprint density at radius 1 is 0.793 bits per heavy atom. The van der Waals surface area contributed by atoms with E-state index >= 15 is 0 Å². The summed E-state index contributed by atoms with van der Waals surface area (Å²) in [6.07, 6.45) is 0. The van der Waals surface area contributed by atoms with Crippen LogP contribution in [-0.4, -0.2) is 21.4 Å². The van der Waals surface area contributed by atoms with Gasteiger partial charge in [-0.2, -0.15) is 0 Å². The molecule has 1 heterocycles. The van der Waals surface area contributed by atoms with Crippen LogP contribution in [0.5, 0.6) is 0 Å². The van der Waals surface area contributed by atoms with Crippen molar-refractivity contribution in [2.45, 2.75) is 13.8 Å². The second-order valence-corrected chi connectivity index (χ2v) is 6.75. The van der Waals surface area contributed by atoms with Gasteiger partial charge < -0.3 is 10.6 Å². The molecule has 29 heavy (non-hydrogen) atoms. The highest BCUT2D eigenvalue weighted by Gasteiger charge is 2.15. The fraction of sp³-hybridized carbons (Fsp3) is 0.0870. The number of nitrogens with one attached hydrogen (secondary N) is 2. The highest BCUT2D eigenvalue weighted by atomic mass is 16.2. The van der Waals surface area contributed by atoms with E-state index in [1.165, 1.54) is 13.8 Å². The molecule has 0 saturated carbocycles. The highest BCUT2D eigenvalue weighted by Crippen LogP contribution is 2.30. The number of fused-ring (bicyclic) bond motifs is 1. The van der Waals surface area contributed by atoms with Crippen molar-refractivity contribution in [3.8, 4) is 17.1 Å². The third-order valence-corrected chi connectivity index (χ3v) is 4.45. The molecular weight excluding hydrogens is 364 g/mol. The Hall–Kier alpha value is -3.93. The molecule has 4 rings (SSSR count). The molecule has 0 unspecified atom stereocenters. The number of amides is 2. The van der Waals surface area contributed by atoms with E-state index in [1.54, 1.807) is 0 Å². The highest BCUT2D eigenvalue weighted by molar-refractivity contribution is 5.93. The Balaban J connectivity index is 1.87. The number of para-hydroxylation sites is 1. The minimum atomic E-state index is -0.124. The zero-order valence-corrected chi connectivity index (χ0v) is 16.1. The van der Waals surface area contributed by atoms with E-state index in [0.717, 1.165) is 33.8 Å². The lowest BCUT2D eigenvalue weighted by Crippen LogP contribution is -2.05. The Kier molecular flexibility index (Phi) is 4.83. The molecule has 6 heteroatoms. The second-order valence-electron chi connectivity index (χ2n) is 6.75. The summed E-state index contributed by atoms with van der Waals surface area (Å²) < 4.78 is 2.08. The molecular formula is C23H20N4O2. The Labute approximate surface area is 168 Å². The lowest BCUT2D eigenvalue weighted by molar-refractivity contribution is -0.115. The molecule has 4 aromatic rings. The number of imidazole rings is 1. The third kappa shape index (κ3) is 3.87. The normalized spacial score (nSPS) is 10.7. The SMILES string of the molecule is CC(=O)Nc1ccc(-c2nc3cc(NC(C)=O)ccc3n2-c2ccccc2)cc1. The zero-order valence-electron chi connectivity index (χ0n) is 16.1. The molecule has 0 radical (unpaired) electrons. The number of carbonyl (C=O) groups is 2. The topological polar surface area (TPSA) is 76.0 Å². The molecule has 0 aliphatic rings. The van der Waals surface area contributed by atoms with E-state index in [-0.39, 0.29) is 11.8 Å². The molecule has 0 aliphatic carbocycles. The lowest BCUT2D eigenvalue weighted by Gasteiger charge is -2.10. The summed E-state index contributed by atoms with van der Waals surface area (Å²) in [5, 5.41) is 5.58. The van der Waals surface area contributed by atoms with Gasteiger partial charge in [-0.3, -0.25) is 14.2 Å². The molecule has 0 spiro atoms. The van der Waals surface area contributed by atoms with Gasteiger partial charge in [-0.05, 0) is 54.6 Å². The largest absolute Gasteiger partial charge is 0.326 e. The fourth-order valence-corrected chi connectivity index (χ4v) is 3.30. The van der Waals surface area contributed by atoms with E-state index in [0.29, 0.717) is 5.69 Å². The number of hydrogen-bond donors (Lipinski definition) is 2. The number of nitrogens with zero attached hydrogens (tertiary/aromatic N) is 2. The minimum absolute atomic E-state index is 0.111. The van der Waals surface area contributed by atoms with Crippen LogP contribution in [0.2, 0.25) is 0 Å². The van der Waals surface area contributed by atoms with Crippen molar-refractivity contribution in [2.75, 3.05) is 10.6 Å². The molecule has 6 nitrogen and oxygen atoms in total. The fourth-order valence-electron chi connectivity index (χ4n) is 3.30. The third-order valence-electron chi connectivity index (χ3n) is 4.45. The Morgan fingerprint density at radius 3 is 2.07 bits per heavy atom. The van der Waals surface area contributed by atoms with Gasteiger partial charge in [0.2, 0.25) is 11.8 Å². The summed E-state index contributed by atoms with van der Waals surface area (Å²) in [5.74, 6) is 0.543. The Bertz CT molecular complexity index is 1200. The first-order chi connectivity index (χ1) is 14.0. The molecule has 2 N–H and O–H groups in total. The predicted octanol–water partition coefficient (Wildman–Crippen LogP) is 4.61. The van der Waals surface area contributed by atoms with Gasteiger partial charge in [0.15, 0.2) is 0 Å². The molecule has 0 saturated heterocycles. The summed E-state index contributed by atoms with van der Waals surface area (Å²) >= 11 is 0. The maximum atomic E-state index is 11.4. The van der Waals surface area contributed by atoms with Crippen molar-refractivity contribution in [1.82, 2.24) is 9.55 Å². The Morgan fingerprint density at radius 2 is 1.41 bits per heavy atom. The van der Waals surface area contributed by atoms with Crippen LogP contribution in [0.25, 0.3) is 28.1 Å². The van der Waals surface area contributed by atoms with Gasteiger partial charge in [-0.15, -0.1) is 0 Å². The number of rotatable bonds is 4. The molecule has 0 atom stereocenters. The first-order valence-corrected chi connectivity index (χ1v) is 9.25. The first kappa shape index (κ1) is 18.4. The quantitative estimate of drug-likeness (QED) is 0.539. The van der Waals surface area contributed by atoms with E-state index in [4.69, 9.17) is 4.98 Å². The van der Waals surface area contributed by atoms with Crippen molar-refractivity contribution in [1.29, 1.82) is 0 Å². The lowest BCUT2D eigenvalue weighted by atomic mass is 10.2. The van der Waals surface area contributed by atoms with Crippen LogP contribution in [0, 0.1) is 0 Å². The van der Waals surface area contributed by atoms with E-state index in [1.807, 2.05) is 72.8 Å². The minimum Gasteiger partial charge on any atom is -0.326 e. The summed E-state index contributed by atoms with van der Waals surface area (Å²) in [6, 6.07) is 23.3. The predicted molar refractivity (Wildman–Crippen MR) is 115 cm³/mol. The number of benzene rings is 3. The van der Waals surface area contributed by atoms with Crippen molar-refractivity contribution in [2.24, 2.45) is 0 Å². The summed E-state index contributed by atoms with van der Waals surface area (Å²) in [4.78, 5) is 27.5. The summed E-state index contributed by atoms with van der Waals surface area (Å²) in [7, 11) is 0. The molecule has 0 aliphatic heterocycles. The van der Waals surface area contributed by atoms with Crippen LogP contribution in [0.4, 0.5) is 11.4 Å². The van der Waals surface area contributed by atoms with E-state index in [9.17, 15) is 9.59 Å². The first-order valence-electron chi connectivity index (χ1n) is 9.25. The van der Waals surface area contributed by atoms with Gasteiger partial charge >= 0.3 is 0 Å². The summed E-state index contributed by atoms with van der Waals surface area (Å²) in [5.41, 5.74) is 5.06. The van der Waals surface area contributed by atoms with Crippen LogP contribution in [0.1, 0.15) is 13.8 Å². The zero-order chi connectivity index (χ0) is 20.4. The van der Waals surface area contributed by atoms with Crippen LogP contribution in [0.3, 0.4) is 0 Å². The number of carbonyl (C=O) groups excluding carboxylic acids is 2. The van der Waals surface area contributed by atoms with Gasteiger partial charge in [0, 0.05) is 36.5 Å². The van der Waals surface area contributed by atoms with E-state index in [2.05, 4.69) is 15.2 Å². The molecule has 0 bridgehead atoms. The maximum Gasteiger partial charge on any atom is 0.221 e. The van der Waals surface area contributed by atoms with Crippen molar-refractivity contribution in [3.63, 3.8) is 0 Å². The smallest absolute Gasteiger partial charge is 0.221 e. The number of aromatic nitrogens is 2. The second kappa shape index (κ2) is 7.59. The van der Waals surface area contributed by atoms with Crippen molar-refractivity contribution in [3.05, 3.63) is 72.8 Å². The van der Waals surface area contributed by atoms with E-state index < -0.39 is 0 Å². The van der Waals surface area contributed by atoms with Crippen LogP contribution in [0.15, 0.2) is 72.8 Å². The van der Waals surface area contributed by atoms with Gasteiger partial charge in [-0.1, -0.05) is 18.2 Å². The molecule has 2 amide bonds. The van der Waals surface area contributed by atoms with Crippen LogP contribution in [-0.2, 0) is 9.59 Å².